The Balaban J connectivity index is 2.53. The predicted molar refractivity (Wildman–Crippen MR) is 93.1 cm³/mol. The van der Waals surface area contributed by atoms with Crippen LogP contribution >= 0.6 is 0 Å². The van der Waals surface area contributed by atoms with E-state index in [0.29, 0.717) is 5.82 Å². The summed E-state index contributed by atoms with van der Waals surface area (Å²) in [6.45, 7) is 6.42. The van der Waals surface area contributed by atoms with Gasteiger partial charge in [0, 0.05) is 18.2 Å². The second-order valence-corrected chi connectivity index (χ2v) is 5.64. The lowest BCUT2D eigenvalue weighted by Gasteiger charge is -2.13. The van der Waals surface area contributed by atoms with Crippen molar-refractivity contribution in [2.75, 3.05) is 12.8 Å². The highest BCUT2D eigenvalue weighted by Gasteiger charge is 2.13. The third-order valence-electron chi connectivity index (χ3n) is 3.79. The molecular formula is C19H24N2O. The van der Waals surface area contributed by atoms with Crippen LogP contribution in [0.15, 0.2) is 59.0 Å². The number of ether oxygens (including phenoxy) is 1. The number of methoxy groups -OCH3 is 1. The zero-order chi connectivity index (χ0) is 16.1. The first-order valence-electron chi connectivity index (χ1n) is 7.59. The van der Waals surface area contributed by atoms with E-state index in [-0.39, 0.29) is 0 Å². The molecule has 22 heavy (non-hydrogen) atoms. The van der Waals surface area contributed by atoms with E-state index < -0.39 is 0 Å². The van der Waals surface area contributed by atoms with Gasteiger partial charge in [-0.2, -0.15) is 0 Å². The summed E-state index contributed by atoms with van der Waals surface area (Å²) in [7, 11) is 1.73. The molecule has 1 aliphatic carbocycles. The molecule has 0 amide bonds. The van der Waals surface area contributed by atoms with E-state index in [1.165, 1.54) is 22.3 Å². The second kappa shape index (κ2) is 7.12. The fourth-order valence-electron chi connectivity index (χ4n) is 2.60. The van der Waals surface area contributed by atoms with E-state index in [2.05, 4.69) is 44.0 Å². The van der Waals surface area contributed by atoms with Crippen LogP contribution in [-0.2, 0) is 4.74 Å². The summed E-state index contributed by atoms with van der Waals surface area (Å²) in [5.74, 6) is 1.53. The molecule has 0 unspecified atom stereocenters. The Morgan fingerprint density at radius 3 is 2.59 bits per heavy atom. The minimum absolute atomic E-state index is 0.540. The summed E-state index contributed by atoms with van der Waals surface area (Å²) in [4.78, 5) is 4.23. The van der Waals surface area contributed by atoms with E-state index in [9.17, 15) is 0 Å². The van der Waals surface area contributed by atoms with Crippen LogP contribution in [0.3, 0.4) is 0 Å². The molecule has 0 atom stereocenters. The van der Waals surface area contributed by atoms with Crippen LogP contribution in [0.1, 0.15) is 39.2 Å². The molecule has 0 saturated heterocycles. The average molecular weight is 296 g/mol. The highest BCUT2D eigenvalue weighted by atomic mass is 16.5. The molecule has 3 heteroatoms. The van der Waals surface area contributed by atoms with Gasteiger partial charge in [-0.25, -0.2) is 4.98 Å². The lowest BCUT2D eigenvalue weighted by atomic mass is 9.93. The highest BCUT2D eigenvalue weighted by Crippen LogP contribution is 2.32. The summed E-state index contributed by atoms with van der Waals surface area (Å²) in [6.07, 6.45) is 10.2. The standard InChI is InChI=1S/C19H24N2O/c1-5-14-10-15(6-8-17(11-14)22-4)19(13(2)3)16-7-9-18(20)21-12-16/h6-10,12H,5,11H2,1-4H3,(H2,20,21). The maximum Gasteiger partial charge on any atom is 0.123 e. The van der Waals surface area contributed by atoms with Crippen molar-refractivity contribution in [2.24, 2.45) is 0 Å². The van der Waals surface area contributed by atoms with Crippen molar-refractivity contribution in [3.05, 3.63) is 64.6 Å². The predicted octanol–water partition coefficient (Wildman–Crippen LogP) is 4.65. The molecule has 1 aliphatic rings. The van der Waals surface area contributed by atoms with E-state index >= 15 is 0 Å². The van der Waals surface area contributed by atoms with Crippen LogP contribution in [0.4, 0.5) is 5.82 Å². The first-order valence-corrected chi connectivity index (χ1v) is 7.59. The third-order valence-corrected chi connectivity index (χ3v) is 3.79. The fraction of sp³-hybridized carbons (Fsp3) is 0.316. The fourth-order valence-corrected chi connectivity index (χ4v) is 2.60. The molecular weight excluding hydrogens is 272 g/mol. The van der Waals surface area contributed by atoms with Crippen LogP contribution < -0.4 is 5.73 Å². The van der Waals surface area contributed by atoms with Gasteiger partial charge in [-0.05, 0) is 49.6 Å². The molecule has 116 valence electrons. The van der Waals surface area contributed by atoms with E-state index in [0.717, 1.165) is 24.2 Å². The monoisotopic (exact) mass is 296 g/mol. The zero-order valence-electron chi connectivity index (χ0n) is 13.8. The topological polar surface area (TPSA) is 48.1 Å². The van der Waals surface area contributed by atoms with Gasteiger partial charge in [-0.3, -0.25) is 0 Å². The van der Waals surface area contributed by atoms with Gasteiger partial charge in [0.05, 0.1) is 12.9 Å². The Bertz CT molecular complexity index is 657. The van der Waals surface area contributed by atoms with Gasteiger partial charge in [0.1, 0.15) is 5.82 Å². The Morgan fingerprint density at radius 1 is 1.27 bits per heavy atom. The van der Waals surface area contributed by atoms with Crippen molar-refractivity contribution in [1.29, 1.82) is 0 Å². The van der Waals surface area contributed by atoms with Crippen LogP contribution in [0, 0.1) is 0 Å². The summed E-state index contributed by atoms with van der Waals surface area (Å²) in [5.41, 5.74) is 11.8. The molecule has 0 fully saturated rings. The molecule has 1 aromatic heterocycles. The van der Waals surface area contributed by atoms with Gasteiger partial charge in [-0.1, -0.05) is 30.2 Å². The number of anilines is 1. The third kappa shape index (κ3) is 3.67. The number of hydrogen-bond donors (Lipinski definition) is 1. The molecule has 0 radical (unpaired) electrons. The van der Waals surface area contributed by atoms with Gasteiger partial charge in [-0.15, -0.1) is 0 Å². The molecule has 3 nitrogen and oxygen atoms in total. The highest BCUT2D eigenvalue weighted by molar-refractivity contribution is 5.84. The molecule has 0 spiro atoms. The van der Waals surface area contributed by atoms with E-state index in [1.807, 2.05) is 18.3 Å². The molecule has 0 bridgehead atoms. The van der Waals surface area contributed by atoms with Crippen LogP contribution in [0.5, 0.6) is 0 Å². The minimum atomic E-state index is 0.540. The van der Waals surface area contributed by atoms with Crippen LogP contribution in [0.25, 0.3) is 5.57 Å². The zero-order valence-corrected chi connectivity index (χ0v) is 13.8. The van der Waals surface area contributed by atoms with E-state index in [1.54, 1.807) is 7.11 Å². The van der Waals surface area contributed by atoms with E-state index in [4.69, 9.17) is 10.5 Å². The lowest BCUT2D eigenvalue weighted by molar-refractivity contribution is 0.283. The van der Waals surface area contributed by atoms with Crippen molar-refractivity contribution in [1.82, 2.24) is 4.98 Å². The van der Waals surface area contributed by atoms with Gasteiger partial charge < -0.3 is 10.5 Å². The number of rotatable bonds is 4. The minimum Gasteiger partial charge on any atom is -0.501 e. The number of hydrogen-bond acceptors (Lipinski definition) is 3. The Morgan fingerprint density at radius 2 is 2.05 bits per heavy atom. The number of pyridine rings is 1. The molecule has 2 rings (SSSR count). The Kier molecular flexibility index (Phi) is 5.21. The summed E-state index contributed by atoms with van der Waals surface area (Å²) < 4.78 is 5.44. The summed E-state index contributed by atoms with van der Waals surface area (Å²) >= 11 is 0. The average Bonchev–Trinajstić information content (AvgIpc) is 2.71. The number of nitrogens with zero attached hydrogens (tertiary/aromatic N) is 1. The van der Waals surface area contributed by atoms with Crippen molar-refractivity contribution >= 4 is 11.4 Å². The molecule has 2 N–H and O–H groups in total. The smallest absolute Gasteiger partial charge is 0.123 e. The van der Waals surface area contributed by atoms with Crippen LogP contribution in [0.2, 0.25) is 0 Å². The molecule has 0 aliphatic heterocycles. The first kappa shape index (κ1) is 16.1. The van der Waals surface area contributed by atoms with Gasteiger partial charge >= 0.3 is 0 Å². The first-order chi connectivity index (χ1) is 10.5. The largest absolute Gasteiger partial charge is 0.501 e. The normalized spacial score (nSPS) is 14.5. The lowest BCUT2D eigenvalue weighted by Crippen LogP contribution is -1.95. The number of nitrogens with two attached hydrogens (primary N) is 1. The Hall–Kier alpha value is -2.29. The van der Waals surface area contributed by atoms with Crippen molar-refractivity contribution in [3.63, 3.8) is 0 Å². The molecule has 1 heterocycles. The Labute approximate surface area is 132 Å². The van der Waals surface area contributed by atoms with Gasteiger partial charge in [0.2, 0.25) is 0 Å². The van der Waals surface area contributed by atoms with Crippen molar-refractivity contribution in [3.8, 4) is 0 Å². The second-order valence-electron chi connectivity index (χ2n) is 5.64. The van der Waals surface area contributed by atoms with Crippen LogP contribution in [-0.4, -0.2) is 12.1 Å². The van der Waals surface area contributed by atoms with Crippen molar-refractivity contribution in [2.45, 2.75) is 33.6 Å². The maximum absolute atomic E-state index is 5.71. The van der Waals surface area contributed by atoms with Gasteiger partial charge in [0.15, 0.2) is 0 Å². The summed E-state index contributed by atoms with van der Waals surface area (Å²) in [6, 6.07) is 3.87. The molecule has 1 aromatic rings. The summed E-state index contributed by atoms with van der Waals surface area (Å²) in [5, 5.41) is 0. The van der Waals surface area contributed by atoms with Crippen molar-refractivity contribution < 1.29 is 4.74 Å². The number of allylic oxidation sites excluding steroid dienone is 7. The van der Waals surface area contributed by atoms with Gasteiger partial charge in [0.25, 0.3) is 0 Å². The molecule has 0 saturated carbocycles. The number of aromatic nitrogens is 1. The SMILES string of the molecule is CCC1=CC(C(=C(C)C)c2ccc(N)nc2)=CC=C(OC)C1. The molecule has 0 aromatic carbocycles. The number of nitrogen functional groups attached to an aromatic ring is 1. The maximum atomic E-state index is 5.71. The quantitative estimate of drug-likeness (QED) is 0.879.